The zero-order valence-corrected chi connectivity index (χ0v) is 19.1. The molecule has 38 heavy (non-hydrogen) atoms. The minimum atomic E-state index is -8.36. The molecule has 18 heteroatoms. The molecule has 1 rings (SSSR count). The summed E-state index contributed by atoms with van der Waals surface area (Å²) in [4.78, 5) is 11.6. The summed E-state index contributed by atoms with van der Waals surface area (Å²) in [6, 6.07) is 3.25. The quantitative estimate of drug-likeness (QED) is 0.198. The minimum Gasteiger partial charge on any atom is -0.462 e. The lowest BCUT2D eigenvalue weighted by atomic mass is 9.83. The molecule has 0 fully saturated rings. The molecule has 0 bridgehead atoms. The van der Waals surface area contributed by atoms with E-state index in [0.717, 1.165) is 24.3 Å². The first-order valence-corrected chi connectivity index (χ1v) is 9.88. The Bertz CT molecular complexity index is 986. The van der Waals surface area contributed by atoms with E-state index in [1.54, 1.807) is 0 Å². The van der Waals surface area contributed by atoms with Gasteiger partial charge in [-0.2, -0.15) is 65.9 Å². The number of rotatable bonds is 11. The highest BCUT2D eigenvalue weighted by molar-refractivity contribution is 5.89. The molecule has 0 aliphatic rings. The summed E-state index contributed by atoms with van der Waals surface area (Å²) < 4.78 is 211. The molecule has 0 N–H and O–H groups in total. The second kappa shape index (κ2) is 9.97. The van der Waals surface area contributed by atoms with Crippen LogP contribution in [0.5, 0.6) is 0 Å². The molecule has 0 aliphatic heterocycles. The Morgan fingerprint density at radius 1 is 0.684 bits per heavy atom. The Hall–Kier alpha value is -2.40. The van der Waals surface area contributed by atoms with Gasteiger partial charge in [-0.05, 0) is 31.5 Å². The fourth-order valence-electron chi connectivity index (χ4n) is 3.00. The van der Waals surface area contributed by atoms with Crippen LogP contribution in [-0.2, 0) is 15.1 Å². The van der Waals surface area contributed by atoms with E-state index in [1.807, 2.05) is 0 Å². The van der Waals surface area contributed by atoms with E-state index in [4.69, 9.17) is 0 Å². The van der Waals surface area contributed by atoms with Crippen molar-refractivity contribution in [2.45, 2.75) is 67.6 Å². The minimum absolute atomic E-state index is 0.107. The Morgan fingerprint density at radius 3 is 1.45 bits per heavy atom. The number of ether oxygens (including phenoxy) is 2. The molecule has 1 unspecified atom stereocenters. The highest BCUT2D eigenvalue weighted by Gasteiger charge is 2.93. The van der Waals surface area contributed by atoms with Crippen LogP contribution in [0.2, 0.25) is 0 Å². The second-order valence-corrected chi connectivity index (χ2v) is 7.98. The Balaban J connectivity index is 3.53. The van der Waals surface area contributed by atoms with E-state index in [9.17, 15) is 70.7 Å². The van der Waals surface area contributed by atoms with Crippen LogP contribution in [0.3, 0.4) is 0 Å². The van der Waals surface area contributed by atoms with Crippen molar-refractivity contribution < 1.29 is 80.1 Å². The van der Waals surface area contributed by atoms with Crippen LogP contribution < -0.4 is 0 Å². The van der Waals surface area contributed by atoms with Gasteiger partial charge in [-0.25, -0.2) is 4.79 Å². The molecule has 0 heterocycles. The average Bonchev–Trinajstić information content (AvgIpc) is 2.77. The van der Waals surface area contributed by atoms with Crippen molar-refractivity contribution in [1.82, 2.24) is 0 Å². The van der Waals surface area contributed by atoms with Crippen molar-refractivity contribution in [3.05, 3.63) is 35.4 Å². The molecule has 220 valence electrons. The first kappa shape index (κ1) is 33.6. The lowest BCUT2D eigenvalue weighted by Gasteiger charge is -2.43. The van der Waals surface area contributed by atoms with E-state index in [2.05, 4.69) is 9.47 Å². The van der Waals surface area contributed by atoms with Crippen LogP contribution >= 0.6 is 0 Å². The third-order valence-corrected chi connectivity index (χ3v) is 5.41. The van der Waals surface area contributed by atoms with E-state index in [0.29, 0.717) is 14.0 Å². The maximum absolute atomic E-state index is 14.4. The zero-order valence-electron chi connectivity index (χ0n) is 19.1. The van der Waals surface area contributed by atoms with Gasteiger partial charge in [0.2, 0.25) is 0 Å². The summed E-state index contributed by atoms with van der Waals surface area (Å²) in [6.45, 7) is 1.82. The number of esters is 1. The predicted octanol–water partition coefficient (Wildman–Crippen LogP) is 7.49. The van der Waals surface area contributed by atoms with Crippen molar-refractivity contribution in [3.8, 4) is 0 Å². The van der Waals surface area contributed by atoms with Crippen LogP contribution in [0, 0.1) is 0 Å². The first-order valence-electron chi connectivity index (χ1n) is 9.88. The Kier molecular flexibility index (Phi) is 8.82. The largest absolute Gasteiger partial charge is 0.462 e. The van der Waals surface area contributed by atoms with Crippen LogP contribution in [0.4, 0.5) is 65.9 Å². The van der Waals surface area contributed by atoms with Crippen molar-refractivity contribution in [3.63, 3.8) is 0 Å². The van der Waals surface area contributed by atoms with E-state index in [1.165, 1.54) is 6.92 Å². The van der Waals surface area contributed by atoms with Gasteiger partial charge < -0.3 is 9.47 Å². The molecule has 0 aromatic heterocycles. The predicted molar refractivity (Wildman–Crippen MR) is 97.1 cm³/mol. The molecule has 3 nitrogen and oxygen atoms in total. The van der Waals surface area contributed by atoms with Gasteiger partial charge in [-0.1, -0.05) is 12.1 Å². The Labute approximate surface area is 203 Å². The van der Waals surface area contributed by atoms with Gasteiger partial charge >= 0.3 is 47.7 Å². The molecule has 0 spiro atoms. The topological polar surface area (TPSA) is 35.5 Å². The summed E-state index contributed by atoms with van der Waals surface area (Å²) in [5.41, 5.74) is -3.65. The molecular formula is C20H17F15O3. The molecule has 0 amide bonds. The van der Waals surface area contributed by atoms with Crippen LogP contribution in [-0.4, -0.2) is 61.4 Å². The van der Waals surface area contributed by atoms with E-state index < -0.39 is 65.3 Å². The van der Waals surface area contributed by atoms with Gasteiger partial charge in [0.15, 0.2) is 0 Å². The second-order valence-electron chi connectivity index (χ2n) is 7.98. The summed E-state index contributed by atoms with van der Waals surface area (Å²) in [6.07, 6.45) is -10.4. The lowest BCUT2D eigenvalue weighted by Crippen LogP contribution is -2.72. The van der Waals surface area contributed by atoms with Gasteiger partial charge in [-0.3, -0.25) is 0 Å². The van der Waals surface area contributed by atoms with Crippen molar-refractivity contribution >= 4 is 5.97 Å². The number of hydrogen-bond donors (Lipinski definition) is 0. The fourth-order valence-corrected chi connectivity index (χ4v) is 3.00. The number of benzene rings is 1. The standard InChI is InChI=1S/C20H17F15O3/c1-4-38-12(36)10-5-7-11(8-6-10)13(2,37-3)9-14(21,22)15(23,24)16(25,26)17(27,28)18(29,30)19(31,32)20(33,34)35/h5-8H,4,9H2,1-3H3. The van der Waals surface area contributed by atoms with Crippen molar-refractivity contribution in [1.29, 1.82) is 0 Å². The van der Waals surface area contributed by atoms with Gasteiger partial charge in [0.1, 0.15) is 0 Å². The number of carbonyl (C=O) groups is 1. The summed E-state index contributed by atoms with van der Waals surface area (Å²) in [7, 11) is 0.540. The number of halogens is 15. The molecular weight excluding hydrogens is 573 g/mol. The number of hydrogen-bond acceptors (Lipinski definition) is 3. The van der Waals surface area contributed by atoms with E-state index >= 15 is 0 Å². The molecule has 1 aromatic rings. The number of alkyl halides is 15. The van der Waals surface area contributed by atoms with E-state index in [-0.39, 0.29) is 12.2 Å². The van der Waals surface area contributed by atoms with Gasteiger partial charge in [-0.15, -0.1) is 0 Å². The molecule has 0 aliphatic carbocycles. The average molecular weight is 590 g/mol. The smallest absolute Gasteiger partial charge is 0.460 e. The van der Waals surface area contributed by atoms with Crippen LogP contribution in [0.1, 0.15) is 36.2 Å². The first-order chi connectivity index (χ1) is 16.7. The highest BCUT2D eigenvalue weighted by atomic mass is 19.4. The van der Waals surface area contributed by atoms with Gasteiger partial charge in [0.05, 0.1) is 24.2 Å². The normalized spacial score (nSPS) is 16.3. The zero-order chi connectivity index (χ0) is 30.4. The van der Waals surface area contributed by atoms with Gasteiger partial charge in [0.25, 0.3) is 0 Å². The van der Waals surface area contributed by atoms with Crippen LogP contribution in [0.25, 0.3) is 0 Å². The lowest BCUT2D eigenvalue weighted by molar-refractivity contribution is -0.453. The van der Waals surface area contributed by atoms with Crippen molar-refractivity contribution in [2.24, 2.45) is 0 Å². The molecule has 1 atom stereocenters. The number of methoxy groups -OCH3 is 1. The highest BCUT2D eigenvalue weighted by Crippen LogP contribution is 2.63. The van der Waals surface area contributed by atoms with Gasteiger partial charge in [0, 0.05) is 7.11 Å². The van der Waals surface area contributed by atoms with Crippen molar-refractivity contribution in [2.75, 3.05) is 13.7 Å². The fraction of sp³-hybridized carbons (Fsp3) is 0.650. The summed E-state index contributed by atoms with van der Waals surface area (Å²) >= 11 is 0. The third kappa shape index (κ3) is 5.11. The summed E-state index contributed by atoms with van der Waals surface area (Å²) in [5.74, 6) is -48.0. The number of carbonyl (C=O) groups excluding carboxylic acids is 1. The maximum atomic E-state index is 14.4. The van der Waals surface area contributed by atoms with Crippen LogP contribution in [0.15, 0.2) is 24.3 Å². The molecule has 0 radical (unpaired) electrons. The molecule has 0 saturated heterocycles. The molecule has 0 saturated carbocycles. The monoisotopic (exact) mass is 590 g/mol. The molecule has 1 aromatic carbocycles. The third-order valence-electron chi connectivity index (χ3n) is 5.41. The SMILES string of the molecule is CCOC(=O)c1ccc(C(C)(CC(F)(F)C(F)(F)C(F)(F)C(F)(F)C(F)(F)C(F)(F)C(F)(F)F)OC)cc1. The maximum Gasteiger partial charge on any atom is 0.460 e. The summed E-state index contributed by atoms with van der Waals surface area (Å²) in [5, 5.41) is 0. The Morgan fingerprint density at radius 2 is 1.08 bits per heavy atom.